The summed E-state index contributed by atoms with van der Waals surface area (Å²) in [6.45, 7) is 3.70. The molecule has 0 unspecified atom stereocenters. The molecular formula is C25H23N5O5. The number of carbonyl (C=O) groups excluding carboxylic acids is 1. The van der Waals surface area contributed by atoms with Crippen LogP contribution in [0.5, 0.6) is 17.4 Å². The Morgan fingerprint density at radius 1 is 1.11 bits per heavy atom. The molecule has 3 aromatic heterocycles. The van der Waals surface area contributed by atoms with Crippen LogP contribution in [0, 0.1) is 0 Å². The fraction of sp³-hybridized carbons (Fsp3) is 0.240. The molecule has 0 fully saturated rings. The molecule has 5 rings (SSSR count). The van der Waals surface area contributed by atoms with E-state index in [1.807, 2.05) is 30.3 Å². The molecule has 0 saturated carbocycles. The lowest BCUT2D eigenvalue weighted by molar-refractivity contribution is -0.139. The number of benzene rings is 1. The molecule has 0 radical (unpaired) electrons. The molecule has 1 aliphatic heterocycles. The van der Waals surface area contributed by atoms with Crippen LogP contribution in [0.2, 0.25) is 0 Å². The number of nitrogens with zero attached hydrogens (tertiary/aromatic N) is 5. The molecule has 1 aromatic carbocycles. The molecule has 0 amide bonds. The van der Waals surface area contributed by atoms with Gasteiger partial charge in [-0.15, -0.1) is 5.10 Å². The maximum absolute atomic E-state index is 13.2. The van der Waals surface area contributed by atoms with Crippen molar-refractivity contribution < 1.29 is 23.7 Å². The summed E-state index contributed by atoms with van der Waals surface area (Å²) >= 11 is 0. The minimum Gasteiger partial charge on any atom is -0.493 e. The van der Waals surface area contributed by atoms with E-state index in [1.165, 1.54) is 6.33 Å². The first-order chi connectivity index (χ1) is 17.0. The number of fused-ring (bicyclic) bond motifs is 3. The van der Waals surface area contributed by atoms with E-state index in [0.29, 0.717) is 51.4 Å². The Balaban J connectivity index is 1.77. The highest BCUT2D eigenvalue weighted by Crippen LogP contribution is 2.46. The maximum Gasteiger partial charge on any atom is 0.338 e. The van der Waals surface area contributed by atoms with Gasteiger partial charge in [-0.1, -0.05) is 12.1 Å². The second-order valence-electron chi connectivity index (χ2n) is 7.72. The van der Waals surface area contributed by atoms with E-state index in [1.54, 1.807) is 44.8 Å². The number of esters is 1. The Hall–Kier alpha value is -4.47. The zero-order valence-corrected chi connectivity index (χ0v) is 19.7. The first-order valence-corrected chi connectivity index (χ1v) is 11.0. The number of rotatable bonds is 6. The van der Waals surface area contributed by atoms with Crippen molar-refractivity contribution in [2.24, 2.45) is 0 Å². The predicted octanol–water partition coefficient (Wildman–Crippen LogP) is 3.56. The lowest BCUT2D eigenvalue weighted by Gasteiger charge is -2.28. The number of hydrogen-bond donors (Lipinski definition) is 0. The maximum atomic E-state index is 13.2. The fourth-order valence-electron chi connectivity index (χ4n) is 4.18. The van der Waals surface area contributed by atoms with Crippen molar-refractivity contribution in [3.05, 3.63) is 71.4 Å². The summed E-state index contributed by atoms with van der Waals surface area (Å²) in [7, 11) is 3.13. The molecule has 0 saturated heterocycles. The highest BCUT2D eigenvalue weighted by Gasteiger charge is 2.38. The fourth-order valence-corrected chi connectivity index (χ4v) is 4.18. The summed E-state index contributed by atoms with van der Waals surface area (Å²) < 4.78 is 23.9. The minimum absolute atomic E-state index is 0.221. The monoisotopic (exact) mass is 473 g/mol. The van der Waals surface area contributed by atoms with Crippen LogP contribution in [-0.2, 0) is 9.53 Å². The smallest absolute Gasteiger partial charge is 0.338 e. The van der Waals surface area contributed by atoms with E-state index in [9.17, 15) is 4.79 Å². The molecule has 0 bridgehead atoms. The van der Waals surface area contributed by atoms with E-state index in [4.69, 9.17) is 23.9 Å². The molecule has 0 spiro atoms. The average molecular weight is 473 g/mol. The van der Waals surface area contributed by atoms with Crippen LogP contribution in [0.3, 0.4) is 0 Å². The largest absolute Gasteiger partial charge is 0.493 e. The van der Waals surface area contributed by atoms with Crippen molar-refractivity contribution in [2.75, 3.05) is 20.8 Å². The third-order valence-electron chi connectivity index (χ3n) is 5.72. The molecule has 4 aromatic rings. The number of hydrogen-bond acceptors (Lipinski definition) is 9. The lowest BCUT2D eigenvalue weighted by atomic mass is 9.83. The number of carbonyl (C=O) groups is 1. The third-order valence-corrected chi connectivity index (χ3v) is 5.72. The number of ether oxygens (including phenoxy) is 4. The van der Waals surface area contributed by atoms with Gasteiger partial charge in [0.2, 0.25) is 11.7 Å². The minimum atomic E-state index is -0.602. The Kier molecular flexibility index (Phi) is 5.77. The first-order valence-electron chi connectivity index (χ1n) is 11.0. The van der Waals surface area contributed by atoms with Crippen LogP contribution in [0.1, 0.15) is 30.9 Å². The van der Waals surface area contributed by atoms with Crippen LogP contribution in [0.25, 0.3) is 17.2 Å². The summed E-state index contributed by atoms with van der Waals surface area (Å²) in [5.41, 5.74) is 2.80. The van der Waals surface area contributed by atoms with Gasteiger partial charge in [0, 0.05) is 6.20 Å². The van der Waals surface area contributed by atoms with Gasteiger partial charge in [0.25, 0.3) is 0 Å². The van der Waals surface area contributed by atoms with Crippen LogP contribution in [0.15, 0.2) is 60.3 Å². The van der Waals surface area contributed by atoms with E-state index in [2.05, 4.69) is 15.1 Å². The van der Waals surface area contributed by atoms with Crippen molar-refractivity contribution >= 4 is 11.6 Å². The quantitative estimate of drug-likeness (QED) is 0.388. The van der Waals surface area contributed by atoms with Crippen molar-refractivity contribution in [1.29, 1.82) is 0 Å². The summed E-state index contributed by atoms with van der Waals surface area (Å²) in [6.07, 6.45) is 3.21. The van der Waals surface area contributed by atoms with E-state index >= 15 is 0 Å². The van der Waals surface area contributed by atoms with Crippen molar-refractivity contribution in [3.63, 3.8) is 0 Å². The topological polar surface area (TPSA) is 110 Å². The molecule has 4 heterocycles. The zero-order chi connectivity index (χ0) is 24.5. The van der Waals surface area contributed by atoms with Crippen molar-refractivity contribution in [2.45, 2.75) is 19.8 Å². The average Bonchev–Trinajstić information content (AvgIpc) is 3.32. The second kappa shape index (κ2) is 9.05. The number of methoxy groups -OCH3 is 2. The molecule has 10 nitrogen and oxygen atoms in total. The van der Waals surface area contributed by atoms with Crippen molar-refractivity contribution in [3.8, 4) is 28.9 Å². The predicted molar refractivity (Wildman–Crippen MR) is 125 cm³/mol. The molecule has 0 N–H and O–H groups in total. The molecule has 178 valence electrons. The SMILES string of the molecule is CCOC(=O)C1=C(C)Oc2ncn3nc(-c4ccccn4)nc3c2[C@@H]1c1ccc(OC)c(OC)c1. The molecular weight excluding hydrogens is 450 g/mol. The third kappa shape index (κ3) is 3.82. The van der Waals surface area contributed by atoms with Gasteiger partial charge in [-0.25, -0.2) is 19.3 Å². The van der Waals surface area contributed by atoms with Gasteiger partial charge in [-0.05, 0) is 43.7 Å². The van der Waals surface area contributed by atoms with Gasteiger partial charge in [-0.2, -0.15) is 0 Å². The van der Waals surface area contributed by atoms with E-state index in [0.717, 1.165) is 5.56 Å². The number of aromatic nitrogens is 5. The van der Waals surface area contributed by atoms with Gasteiger partial charge >= 0.3 is 5.97 Å². The van der Waals surface area contributed by atoms with Gasteiger partial charge in [0.1, 0.15) is 17.8 Å². The van der Waals surface area contributed by atoms with Gasteiger partial charge in [0.05, 0.1) is 37.9 Å². The molecule has 10 heteroatoms. The Morgan fingerprint density at radius 2 is 1.94 bits per heavy atom. The standard InChI is InChI=1S/C25H23N5O5/c1-5-34-25(31)19-14(2)35-24-21(20(19)15-9-10-17(32-3)18(12-15)33-4)23-28-22(29-30(23)13-27-24)16-8-6-7-11-26-16/h6-13,20H,5H2,1-4H3/t20-/m1/s1. The van der Waals surface area contributed by atoms with Gasteiger partial charge in [0.15, 0.2) is 17.1 Å². The summed E-state index contributed by atoms with van der Waals surface area (Å²) in [6, 6.07) is 11.0. The van der Waals surface area contributed by atoms with Crippen LogP contribution in [-0.4, -0.2) is 51.4 Å². The Morgan fingerprint density at radius 3 is 2.66 bits per heavy atom. The lowest BCUT2D eigenvalue weighted by Crippen LogP contribution is -2.24. The van der Waals surface area contributed by atoms with E-state index < -0.39 is 11.9 Å². The molecule has 1 atom stereocenters. The normalized spacial score (nSPS) is 14.9. The molecule has 1 aliphatic rings. The summed E-state index contributed by atoms with van der Waals surface area (Å²) in [5, 5.41) is 4.55. The van der Waals surface area contributed by atoms with Gasteiger partial charge < -0.3 is 18.9 Å². The van der Waals surface area contributed by atoms with Crippen LogP contribution < -0.4 is 14.2 Å². The highest BCUT2D eigenvalue weighted by molar-refractivity contribution is 5.93. The highest BCUT2D eigenvalue weighted by atomic mass is 16.5. The number of pyridine rings is 1. The Labute approximate surface area is 201 Å². The van der Waals surface area contributed by atoms with Crippen LogP contribution >= 0.6 is 0 Å². The summed E-state index contributed by atoms with van der Waals surface area (Å²) in [4.78, 5) is 26.7. The van der Waals surface area contributed by atoms with Crippen LogP contribution in [0.4, 0.5) is 0 Å². The van der Waals surface area contributed by atoms with Crippen molar-refractivity contribution in [1.82, 2.24) is 24.6 Å². The van der Waals surface area contributed by atoms with E-state index in [-0.39, 0.29) is 6.61 Å². The number of allylic oxidation sites excluding steroid dienone is 1. The second-order valence-corrected chi connectivity index (χ2v) is 7.72. The first kappa shape index (κ1) is 22.3. The summed E-state index contributed by atoms with van der Waals surface area (Å²) in [5.74, 6) is 1.17. The van der Waals surface area contributed by atoms with Gasteiger partial charge in [-0.3, -0.25) is 4.98 Å². The zero-order valence-electron chi connectivity index (χ0n) is 19.7. The molecule has 0 aliphatic carbocycles. The molecule has 35 heavy (non-hydrogen) atoms. The Bertz CT molecular complexity index is 1450.